The van der Waals surface area contributed by atoms with Crippen LogP contribution in [0.3, 0.4) is 0 Å². The smallest absolute Gasteiger partial charge is 0.333 e. The summed E-state index contributed by atoms with van der Waals surface area (Å²) >= 11 is 0. The first-order valence-corrected chi connectivity index (χ1v) is 22.1. The number of carbonyl (C=O) groups is 4. The lowest BCUT2D eigenvalue weighted by molar-refractivity contribution is -0.414. The number of rotatable bonds is 18. The topological polar surface area (TPSA) is 372 Å². The molecule has 0 aromatic carbocycles. The second-order valence-electron chi connectivity index (χ2n) is 16.7. The Labute approximate surface area is 396 Å². The van der Waals surface area contributed by atoms with E-state index in [2.05, 4.69) is 0 Å². The van der Waals surface area contributed by atoms with E-state index < -0.39 is 173 Å². The molecule has 4 heterocycles. The highest BCUT2D eigenvalue weighted by Gasteiger charge is 2.56. The van der Waals surface area contributed by atoms with Crippen molar-refractivity contribution in [2.24, 2.45) is 0 Å². The maximum atomic E-state index is 12.6. The van der Waals surface area contributed by atoms with Crippen molar-refractivity contribution in [1.82, 2.24) is 0 Å². The van der Waals surface area contributed by atoms with Gasteiger partial charge >= 0.3 is 23.9 Å². The van der Waals surface area contributed by atoms with Crippen LogP contribution in [0.4, 0.5) is 0 Å². The molecule has 10 N–H and O–H groups in total. The molecule has 4 aliphatic rings. The SMILES string of the molecule is C/C=C(\C)C(=O)OC[C@H]1O[C@@H](O[C@H]2[C@@H](O[C@H]3O[C@H](COC(=O)/C(C)=C/C)[C@@H](O)[C@H](O)[C@H]3O[C@@H]3O[C@H](COC(=O)/C(C)=C/C)[C@@H](O)[C@H](O)[C@H]3O)O[C@H](COC(=O)/C(C)=C/C)[C@@H](O)[C@@H]2O)[C@H](O)[C@@H](O)[C@@H]1O. The molecule has 69 heavy (non-hydrogen) atoms. The van der Waals surface area contributed by atoms with Crippen LogP contribution in [0.25, 0.3) is 0 Å². The van der Waals surface area contributed by atoms with Gasteiger partial charge in [-0.3, -0.25) is 0 Å². The number of ether oxygens (including phenoxy) is 11. The van der Waals surface area contributed by atoms with Crippen LogP contribution < -0.4 is 0 Å². The molecule has 0 radical (unpaired) electrons. The van der Waals surface area contributed by atoms with Gasteiger partial charge in [0.1, 0.15) is 124 Å². The summed E-state index contributed by atoms with van der Waals surface area (Å²) in [5, 5.41) is 111. The number of hydrogen-bond donors (Lipinski definition) is 10. The molecule has 4 saturated heterocycles. The number of carbonyl (C=O) groups excluding carboxylic acids is 4. The first-order valence-electron chi connectivity index (χ1n) is 22.1. The van der Waals surface area contributed by atoms with Gasteiger partial charge in [-0.2, -0.15) is 0 Å². The van der Waals surface area contributed by atoms with E-state index in [9.17, 15) is 70.2 Å². The molecule has 0 spiro atoms. The third kappa shape index (κ3) is 14.2. The van der Waals surface area contributed by atoms with Crippen LogP contribution in [0.2, 0.25) is 0 Å². The largest absolute Gasteiger partial charge is 0.459 e. The van der Waals surface area contributed by atoms with E-state index in [0.717, 1.165) is 0 Å². The van der Waals surface area contributed by atoms with Gasteiger partial charge in [0.15, 0.2) is 25.2 Å². The van der Waals surface area contributed by atoms with Gasteiger partial charge in [-0.15, -0.1) is 0 Å². The average Bonchev–Trinajstić information content (AvgIpc) is 3.34. The summed E-state index contributed by atoms with van der Waals surface area (Å²) in [7, 11) is 0. The van der Waals surface area contributed by atoms with Crippen LogP contribution in [0.5, 0.6) is 0 Å². The van der Waals surface area contributed by atoms with E-state index in [1.165, 1.54) is 52.0 Å². The fourth-order valence-corrected chi connectivity index (χ4v) is 6.93. The van der Waals surface area contributed by atoms with Crippen molar-refractivity contribution in [3.05, 3.63) is 46.6 Å². The van der Waals surface area contributed by atoms with Crippen molar-refractivity contribution in [3.63, 3.8) is 0 Å². The van der Waals surface area contributed by atoms with Crippen molar-refractivity contribution in [2.75, 3.05) is 26.4 Å². The summed E-state index contributed by atoms with van der Waals surface area (Å²) in [5.74, 6) is -3.33. The normalized spacial score (nSPS) is 39.3. The second kappa shape index (κ2) is 26.0. The van der Waals surface area contributed by atoms with Gasteiger partial charge in [0.25, 0.3) is 0 Å². The molecule has 4 fully saturated rings. The monoisotopic (exact) mass is 994 g/mol. The van der Waals surface area contributed by atoms with Crippen LogP contribution in [-0.2, 0) is 71.3 Å². The maximum absolute atomic E-state index is 12.6. The summed E-state index contributed by atoms with van der Waals surface area (Å²) < 4.78 is 62.3. The van der Waals surface area contributed by atoms with Crippen LogP contribution in [0.15, 0.2) is 46.6 Å². The van der Waals surface area contributed by atoms with Gasteiger partial charge in [0.05, 0.1) is 0 Å². The van der Waals surface area contributed by atoms with Crippen molar-refractivity contribution in [3.8, 4) is 0 Å². The number of hydrogen-bond acceptors (Lipinski definition) is 25. The van der Waals surface area contributed by atoms with Gasteiger partial charge < -0.3 is 103 Å². The van der Waals surface area contributed by atoms with Crippen LogP contribution in [0, 0.1) is 0 Å². The zero-order valence-electron chi connectivity index (χ0n) is 39.3. The Balaban J connectivity index is 1.73. The van der Waals surface area contributed by atoms with Gasteiger partial charge in [-0.25, -0.2) is 19.2 Å². The van der Waals surface area contributed by atoms with E-state index in [1.54, 1.807) is 27.7 Å². The van der Waals surface area contributed by atoms with Crippen molar-refractivity contribution >= 4 is 23.9 Å². The summed E-state index contributed by atoms with van der Waals surface area (Å²) in [6.07, 6.45) is -33.5. The number of aliphatic hydroxyl groups is 10. The Bertz CT molecular complexity index is 1740. The van der Waals surface area contributed by atoms with E-state index in [1.807, 2.05) is 0 Å². The van der Waals surface area contributed by atoms with E-state index >= 15 is 0 Å². The Hall–Kier alpha value is -3.84. The quantitative estimate of drug-likeness (QED) is 0.0359. The summed E-state index contributed by atoms with van der Waals surface area (Å²) in [6.45, 7) is 9.13. The molecule has 20 atom stereocenters. The molecular weight excluding hydrogens is 928 g/mol. The lowest BCUT2D eigenvalue weighted by Gasteiger charge is -2.49. The molecule has 0 aromatic heterocycles. The highest BCUT2D eigenvalue weighted by molar-refractivity contribution is 5.88. The number of allylic oxidation sites excluding steroid dienone is 4. The standard InChI is InChI=1S/C44H66O25/c1-9-17(5)37(55)59-13-21-25(45)29(49)33(53)41(63-21)67-35-31(51)27(47)23(15-61-39(57)19(7)11-3)65-43(35)69-44-36(32(52)28(48)24(66-44)16-62-40(58)20(8)12-4)68-42-34(54)30(50)26(46)22(64-42)14-60-38(56)18(6)10-2/h9-12,21-36,41-54H,13-16H2,1-8H3/b17-9+,18-10+,19-11+,20-12+/t21-,22-,23-,24-,25-,26-,27-,28-,29+,30+,31+,32+,33-,34-,35-,36-,41+,42+,43-,44-/m1/s1. The van der Waals surface area contributed by atoms with Crippen molar-refractivity contribution < 1.29 is 122 Å². The summed E-state index contributed by atoms with van der Waals surface area (Å²) in [5.41, 5.74) is 0.668. The summed E-state index contributed by atoms with van der Waals surface area (Å²) in [6, 6.07) is 0. The predicted octanol–water partition coefficient (Wildman–Crippen LogP) is -3.68. The Kier molecular flexibility index (Phi) is 21.8. The first-order chi connectivity index (χ1) is 32.5. The third-order valence-electron chi connectivity index (χ3n) is 12.0. The number of esters is 4. The van der Waals surface area contributed by atoms with E-state index in [0.29, 0.717) is 0 Å². The van der Waals surface area contributed by atoms with Gasteiger partial charge in [-0.05, 0) is 55.4 Å². The molecule has 392 valence electrons. The molecule has 25 heteroatoms. The molecule has 0 saturated carbocycles. The first kappa shape index (κ1) is 57.7. The molecule has 4 aliphatic heterocycles. The highest BCUT2D eigenvalue weighted by atomic mass is 16.8. The zero-order valence-corrected chi connectivity index (χ0v) is 39.3. The second-order valence-corrected chi connectivity index (χ2v) is 16.7. The highest BCUT2D eigenvalue weighted by Crippen LogP contribution is 2.35. The third-order valence-corrected chi connectivity index (χ3v) is 12.0. The lowest BCUT2D eigenvalue weighted by Crippen LogP contribution is -2.67. The minimum Gasteiger partial charge on any atom is -0.459 e. The molecule has 0 aromatic rings. The fraction of sp³-hybridized carbons (Fsp3) is 0.727. The molecule has 0 amide bonds. The lowest BCUT2D eigenvalue weighted by atomic mass is 9.96. The Morgan fingerprint density at radius 1 is 0.348 bits per heavy atom. The van der Waals surface area contributed by atoms with Crippen LogP contribution in [0.1, 0.15) is 55.4 Å². The molecule has 0 aliphatic carbocycles. The molecule has 0 unspecified atom stereocenters. The summed E-state index contributed by atoms with van der Waals surface area (Å²) in [4.78, 5) is 50.1. The molecule has 0 bridgehead atoms. The maximum Gasteiger partial charge on any atom is 0.333 e. The van der Waals surface area contributed by atoms with Crippen molar-refractivity contribution in [1.29, 1.82) is 0 Å². The van der Waals surface area contributed by atoms with Gasteiger partial charge in [0, 0.05) is 22.3 Å². The van der Waals surface area contributed by atoms with Gasteiger partial charge in [0.2, 0.25) is 0 Å². The molecular formula is C44H66O25. The predicted molar refractivity (Wildman–Crippen MR) is 227 cm³/mol. The van der Waals surface area contributed by atoms with Gasteiger partial charge in [-0.1, -0.05) is 24.3 Å². The van der Waals surface area contributed by atoms with Crippen LogP contribution in [-0.4, -0.2) is 224 Å². The Morgan fingerprint density at radius 2 is 0.580 bits per heavy atom. The molecule has 4 rings (SSSR count). The fourth-order valence-electron chi connectivity index (χ4n) is 6.93. The zero-order chi connectivity index (χ0) is 51.6. The minimum atomic E-state index is -2.16. The number of aliphatic hydroxyl groups excluding tert-OH is 10. The van der Waals surface area contributed by atoms with Crippen LogP contribution >= 0.6 is 0 Å². The van der Waals surface area contributed by atoms with E-state index in [4.69, 9.17) is 52.1 Å². The minimum absolute atomic E-state index is 0.151. The average molecular weight is 995 g/mol. The molecule has 25 nitrogen and oxygen atoms in total. The van der Waals surface area contributed by atoms with E-state index in [-0.39, 0.29) is 22.3 Å². The van der Waals surface area contributed by atoms with Crippen molar-refractivity contribution in [2.45, 2.75) is 178 Å². The Morgan fingerprint density at radius 3 is 0.826 bits per heavy atom.